The maximum absolute atomic E-state index is 13.4. The van der Waals surface area contributed by atoms with E-state index in [9.17, 15) is 9.18 Å². The summed E-state index contributed by atoms with van der Waals surface area (Å²) in [6, 6.07) is 12.4. The second-order valence-corrected chi connectivity index (χ2v) is 4.44. The number of halogens is 1. The van der Waals surface area contributed by atoms with E-state index in [4.69, 9.17) is 9.47 Å². The first-order valence-electron chi connectivity index (χ1n) is 6.64. The molecule has 1 aromatic heterocycles. The van der Waals surface area contributed by atoms with Crippen molar-refractivity contribution in [2.75, 3.05) is 6.61 Å². The van der Waals surface area contributed by atoms with E-state index in [-0.39, 0.29) is 5.75 Å². The molecule has 0 aliphatic rings. The molecule has 0 unspecified atom stereocenters. The maximum Gasteiger partial charge on any atom is 0.349 e. The SMILES string of the molecule is O=C(COc1ccccc1F)Oc1ccc(-n2cnnn2)cc1. The van der Waals surface area contributed by atoms with E-state index in [1.807, 2.05) is 0 Å². The highest BCUT2D eigenvalue weighted by atomic mass is 19.1. The van der Waals surface area contributed by atoms with Gasteiger partial charge in [-0.25, -0.2) is 13.9 Å². The number of carbonyl (C=O) groups excluding carboxylic acids is 1. The minimum atomic E-state index is -0.636. The lowest BCUT2D eigenvalue weighted by Crippen LogP contribution is -2.18. The molecule has 0 aliphatic carbocycles. The molecule has 0 fully saturated rings. The zero-order chi connectivity index (χ0) is 16.1. The quantitative estimate of drug-likeness (QED) is 0.527. The molecule has 3 aromatic rings. The number of hydrogen-bond donors (Lipinski definition) is 0. The molecule has 0 radical (unpaired) electrons. The molecule has 3 rings (SSSR count). The van der Waals surface area contributed by atoms with Crippen LogP contribution in [0.15, 0.2) is 54.9 Å². The smallest absolute Gasteiger partial charge is 0.349 e. The summed E-state index contributed by atoms with van der Waals surface area (Å²) >= 11 is 0. The van der Waals surface area contributed by atoms with Gasteiger partial charge in [-0.15, -0.1) is 5.10 Å². The lowest BCUT2D eigenvalue weighted by Gasteiger charge is -2.07. The van der Waals surface area contributed by atoms with Gasteiger partial charge in [0.1, 0.15) is 12.1 Å². The number of ether oxygens (including phenoxy) is 2. The molecule has 1 heterocycles. The van der Waals surface area contributed by atoms with Crippen molar-refractivity contribution in [3.8, 4) is 17.2 Å². The van der Waals surface area contributed by atoms with Crippen molar-refractivity contribution in [2.24, 2.45) is 0 Å². The van der Waals surface area contributed by atoms with E-state index in [0.717, 1.165) is 5.69 Å². The summed E-state index contributed by atoms with van der Waals surface area (Å²) in [6.07, 6.45) is 1.45. The van der Waals surface area contributed by atoms with Gasteiger partial charge in [-0.3, -0.25) is 0 Å². The van der Waals surface area contributed by atoms with Gasteiger partial charge < -0.3 is 9.47 Å². The van der Waals surface area contributed by atoms with E-state index in [0.29, 0.717) is 5.75 Å². The summed E-state index contributed by atoms with van der Waals surface area (Å²) in [4.78, 5) is 11.7. The van der Waals surface area contributed by atoms with Gasteiger partial charge in [0.25, 0.3) is 0 Å². The minimum absolute atomic E-state index is 0.00141. The van der Waals surface area contributed by atoms with Crippen LogP contribution in [0.1, 0.15) is 0 Å². The molecule has 116 valence electrons. The number of tetrazole rings is 1. The third kappa shape index (κ3) is 3.67. The Bertz CT molecular complexity index is 791. The lowest BCUT2D eigenvalue weighted by molar-refractivity contribution is -0.136. The number of nitrogens with zero attached hydrogens (tertiary/aromatic N) is 4. The van der Waals surface area contributed by atoms with Crippen LogP contribution in [-0.4, -0.2) is 32.8 Å². The fourth-order valence-electron chi connectivity index (χ4n) is 1.81. The number of para-hydroxylation sites is 1. The number of esters is 1. The average molecular weight is 314 g/mol. The number of rotatable bonds is 5. The number of hydrogen-bond acceptors (Lipinski definition) is 6. The molecule has 0 aliphatic heterocycles. The molecule has 0 amide bonds. The molecule has 0 N–H and O–H groups in total. The summed E-state index contributed by atoms with van der Waals surface area (Å²) in [7, 11) is 0. The van der Waals surface area contributed by atoms with Crippen LogP contribution in [0.3, 0.4) is 0 Å². The van der Waals surface area contributed by atoms with Crippen LogP contribution in [-0.2, 0) is 4.79 Å². The molecule has 0 saturated carbocycles. The topological polar surface area (TPSA) is 79.1 Å². The lowest BCUT2D eigenvalue weighted by atomic mass is 10.3. The molecular formula is C15H11FN4O3. The fourth-order valence-corrected chi connectivity index (χ4v) is 1.81. The van der Waals surface area contributed by atoms with Crippen molar-refractivity contribution in [1.29, 1.82) is 0 Å². The van der Waals surface area contributed by atoms with Crippen molar-refractivity contribution >= 4 is 5.97 Å². The van der Waals surface area contributed by atoms with Gasteiger partial charge in [-0.05, 0) is 46.8 Å². The van der Waals surface area contributed by atoms with E-state index in [1.165, 1.54) is 29.2 Å². The fraction of sp³-hybridized carbons (Fsp3) is 0.0667. The first-order chi connectivity index (χ1) is 11.2. The Morgan fingerprint density at radius 2 is 1.91 bits per heavy atom. The van der Waals surface area contributed by atoms with E-state index >= 15 is 0 Å². The zero-order valence-electron chi connectivity index (χ0n) is 11.8. The molecule has 23 heavy (non-hydrogen) atoms. The number of benzene rings is 2. The Labute approximate surface area is 130 Å². The van der Waals surface area contributed by atoms with Gasteiger partial charge in [0, 0.05) is 0 Å². The summed E-state index contributed by atoms with van der Waals surface area (Å²) < 4.78 is 25.0. The second kappa shape index (κ2) is 6.65. The molecule has 0 spiro atoms. The molecule has 8 heteroatoms. The number of carbonyl (C=O) groups is 1. The molecule has 0 atom stereocenters. The average Bonchev–Trinajstić information content (AvgIpc) is 3.09. The highest BCUT2D eigenvalue weighted by Crippen LogP contribution is 2.17. The Hall–Kier alpha value is -3.29. The van der Waals surface area contributed by atoms with Crippen LogP contribution in [0.4, 0.5) is 4.39 Å². The van der Waals surface area contributed by atoms with Crippen LogP contribution in [0, 0.1) is 5.82 Å². The minimum Gasteiger partial charge on any atom is -0.479 e. The third-order valence-corrected chi connectivity index (χ3v) is 2.86. The monoisotopic (exact) mass is 314 g/mol. The Kier molecular flexibility index (Phi) is 4.23. The molecular weight excluding hydrogens is 303 g/mol. The predicted molar refractivity (Wildman–Crippen MR) is 76.7 cm³/mol. The van der Waals surface area contributed by atoms with Crippen LogP contribution < -0.4 is 9.47 Å². The van der Waals surface area contributed by atoms with Crippen LogP contribution >= 0.6 is 0 Å². The molecule has 0 bridgehead atoms. The van der Waals surface area contributed by atoms with Crippen molar-refractivity contribution < 1.29 is 18.7 Å². The number of aromatic nitrogens is 4. The van der Waals surface area contributed by atoms with Gasteiger partial charge >= 0.3 is 5.97 Å². The summed E-state index contributed by atoms with van der Waals surface area (Å²) in [5, 5.41) is 10.8. The summed E-state index contributed by atoms with van der Waals surface area (Å²) in [6.45, 7) is -0.393. The van der Waals surface area contributed by atoms with E-state index in [2.05, 4.69) is 15.5 Å². The van der Waals surface area contributed by atoms with Gasteiger partial charge in [0.2, 0.25) is 0 Å². The van der Waals surface area contributed by atoms with Crippen LogP contribution in [0.2, 0.25) is 0 Å². The normalized spacial score (nSPS) is 10.3. The van der Waals surface area contributed by atoms with Crippen molar-refractivity contribution in [2.45, 2.75) is 0 Å². The highest BCUT2D eigenvalue weighted by molar-refractivity contribution is 5.74. The van der Waals surface area contributed by atoms with E-state index in [1.54, 1.807) is 30.3 Å². The first-order valence-corrected chi connectivity index (χ1v) is 6.64. The summed E-state index contributed by atoms with van der Waals surface area (Å²) in [5.74, 6) is -0.836. The molecule has 2 aromatic carbocycles. The third-order valence-electron chi connectivity index (χ3n) is 2.86. The maximum atomic E-state index is 13.4. The Morgan fingerprint density at radius 3 is 2.61 bits per heavy atom. The first kappa shape index (κ1) is 14.6. The Balaban J connectivity index is 1.57. The van der Waals surface area contributed by atoms with Gasteiger partial charge in [0.05, 0.1) is 5.69 Å². The molecule has 7 nitrogen and oxygen atoms in total. The standard InChI is InChI=1S/C15H11FN4O3/c16-13-3-1-2-4-14(13)22-9-15(21)23-12-7-5-11(6-8-12)20-10-17-18-19-20/h1-8,10H,9H2. The largest absolute Gasteiger partial charge is 0.479 e. The van der Waals surface area contributed by atoms with Gasteiger partial charge in [-0.1, -0.05) is 12.1 Å². The highest BCUT2D eigenvalue weighted by Gasteiger charge is 2.09. The van der Waals surface area contributed by atoms with Gasteiger partial charge in [-0.2, -0.15) is 0 Å². The Morgan fingerprint density at radius 1 is 1.13 bits per heavy atom. The van der Waals surface area contributed by atoms with E-state index < -0.39 is 18.4 Å². The second-order valence-electron chi connectivity index (χ2n) is 4.44. The van der Waals surface area contributed by atoms with Crippen molar-refractivity contribution in [3.05, 3.63) is 60.7 Å². The molecule has 0 saturated heterocycles. The van der Waals surface area contributed by atoms with Crippen LogP contribution in [0.25, 0.3) is 5.69 Å². The van der Waals surface area contributed by atoms with Crippen LogP contribution in [0.5, 0.6) is 11.5 Å². The van der Waals surface area contributed by atoms with Crippen molar-refractivity contribution in [1.82, 2.24) is 20.2 Å². The van der Waals surface area contributed by atoms with Crippen molar-refractivity contribution in [3.63, 3.8) is 0 Å². The predicted octanol–water partition coefficient (Wildman–Crippen LogP) is 1.79. The summed E-state index contributed by atoms with van der Waals surface area (Å²) in [5.41, 5.74) is 0.720. The van der Waals surface area contributed by atoms with Gasteiger partial charge in [0.15, 0.2) is 18.2 Å². The zero-order valence-corrected chi connectivity index (χ0v) is 11.8.